The number of halogens is 3. The second-order valence-corrected chi connectivity index (χ2v) is 9.43. The van der Waals surface area contributed by atoms with Gasteiger partial charge in [-0.25, -0.2) is 0 Å². The Morgan fingerprint density at radius 2 is 1.57 bits per heavy atom. The van der Waals surface area contributed by atoms with Crippen LogP contribution in [0.1, 0.15) is 27.8 Å². The van der Waals surface area contributed by atoms with Gasteiger partial charge in [0.05, 0.1) is 17.8 Å². The van der Waals surface area contributed by atoms with Gasteiger partial charge in [0.1, 0.15) is 23.1 Å². The predicted octanol–water partition coefficient (Wildman–Crippen LogP) is 7.59. The van der Waals surface area contributed by atoms with Gasteiger partial charge in [-0.15, -0.1) is 11.8 Å². The Hall–Kier alpha value is -3.96. The molecule has 0 saturated heterocycles. The van der Waals surface area contributed by atoms with Crippen molar-refractivity contribution in [3.8, 4) is 28.8 Å². The van der Waals surface area contributed by atoms with Crippen molar-refractivity contribution in [1.29, 1.82) is 5.26 Å². The van der Waals surface area contributed by atoms with E-state index in [1.54, 1.807) is 36.0 Å². The molecule has 0 amide bonds. The summed E-state index contributed by atoms with van der Waals surface area (Å²) in [5.41, 5.74) is -0.0114. The van der Waals surface area contributed by atoms with Gasteiger partial charge in [0.2, 0.25) is 0 Å². The van der Waals surface area contributed by atoms with Crippen molar-refractivity contribution in [3.63, 3.8) is 0 Å². The first-order chi connectivity index (χ1) is 17.6. The van der Waals surface area contributed by atoms with E-state index in [9.17, 15) is 23.2 Å². The van der Waals surface area contributed by atoms with E-state index < -0.39 is 22.9 Å². The van der Waals surface area contributed by atoms with Gasteiger partial charge >= 0.3 is 6.18 Å². The van der Waals surface area contributed by atoms with Crippen LogP contribution in [0.4, 0.5) is 13.2 Å². The normalized spacial score (nSPS) is 11.3. The Balaban J connectivity index is 1.80. The fourth-order valence-corrected chi connectivity index (χ4v) is 4.45. The van der Waals surface area contributed by atoms with E-state index in [1.165, 1.54) is 10.6 Å². The second-order valence-electron chi connectivity index (χ2n) is 8.55. The number of aromatic nitrogens is 1. The van der Waals surface area contributed by atoms with Crippen molar-refractivity contribution in [2.45, 2.75) is 31.5 Å². The lowest BCUT2D eigenvalue weighted by molar-refractivity contribution is -0.137. The number of nitrogens with zero attached hydrogens (tertiary/aromatic N) is 2. The number of benzene rings is 3. The van der Waals surface area contributed by atoms with Gasteiger partial charge in [0.15, 0.2) is 0 Å². The van der Waals surface area contributed by atoms with Crippen LogP contribution >= 0.6 is 11.8 Å². The van der Waals surface area contributed by atoms with Gasteiger partial charge in [-0.1, -0.05) is 23.8 Å². The third-order valence-electron chi connectivity index (χ3n) is 5.99. The van der Waals surface area contributed by atoms with Crippen LogP contribution in [0.3, 0.4) is 0 Å². The monoisotopic (exact) mass is 520 g/mol. The van der Waals surface area contributed by atoms with Gasteiger partial charge in [0, 0.05) is 4.90 Å². The Morgan fingerprint density at radius 3 is 2.11 bits per heavy atom. The number of hydrogen-bond donors (Lipinski definition) is 0. The van der Waals surface area contributed by atoms with E-state index in [0.29, 0.717) is 17.1 Å². The number of alkyl halides is 3. The minimum Gasteiger partial charge on any atom is -0.457 e. The quantitative estimate of drug-likeness (QED) is 0.246. The number of pyridine rings is 1. The third kappa shape index (κ3) is 5.73. The molecule has 188 valence electrons. The van der Waals surface area contributed by atoms with E-state index in [2.05, 4.69) is 0 Å². The highest BCUT2D eigenvalue weighted by Gasteiger charge is 2.36. The standard InChI is InChI=1S/C29H23F3N2O2S/c1-18-4-5-21(19(2)14-18)17-34-27(15-26(29(30,31)32)25(16-33)28(34)35)20-6-8-22(9-7-20)36-23-10-12-24(37-3)13-11-23/h4-15H,17H2,1-3H3. The first-order valence-electron chi connectivity index (χ1n) is 11.3. The zero-order chi connectivity index (χ0) is 26.7. The van der Waals surface area contributed by atoms with E-state index in [1.807, 2.05) is 62.6 Å². The molecule has 0 aliphatic rings. The molecular formula is C29H23F3N2O2S. The first kappa shape index (κ1) is 26.1. The third-order valence-corrected chi connectivity index (χ3v) is 6.73. The van der Waals surface area contributed by atoms with E-state index >= 15 is 0 Å². The predicted molar refractivity (Wildman–Crippen MR) is 139 cm³/mol. The zero-order valence-corrected chi connectivity index (χ0v) is 21.2. The lowest BCUT2D eigenvalue weighted by Crippen LogP contribution is -2.29. The molecule has 0 saturated carbocycles. The van der Waals surface area contributed by atoms with Gasteiger partial charge in [-0.2, -0.15) is 18.4 Å². The fourth-order valence-electron chi connectivity index (χ4n) is 4.04. The molecule has 3 aromatic carbocycles. The summed E-state index contributed by atoms with van der Waals surface area (Å²) >= 11 is 1.61. The molecule has 0 atom stereocenters. The van der Waals surface area contributed by atoms with Crippen molar-refractivity contribution in [1.82, 2.24) is 4.57 Å². The maximum atomic E-state index is 13.8. The molecule has 0 unspecified atom stereocenters. The molecule has 4 rings (SSSR count). The van der Waals surface area contributed by atoms with Gasteiger partial charge in [0.25, 0.3) is 5.56 Å². The Kier molecular flexibility index (Phi) is 7.46. The average Bonchev–Trinajstić information content (AvgIpc) is 2.86. The maximum absolute atomic E-state index is 13.8. The Bertz CT molecular complexity index is 1530. The maximum Gasteiger partial charge on any atom is 0.417 e. The summed E-state index contributed by atoms with van der Waals surface area (Å²) < 4.78 is 48.5. The minimum atomic E-state index is -4.86. The van der Waals surface area contributed by atoms with Crippen molar-refractivity contribution in [3.05, 3.63) is 111 Å². The van der Waals surface area contributed by atoms with Crippen LogP contribution in [-0.2, 0) is 12.7 Å². The highest BCUT2D eigenvalue weighted by molar-refractivity contribution is 7.98. The van der Waals surface area contributed by atoms with Gasteiger partial charge in [-0.3, -0.25) is 4.79 Å². The fraction of sp³-hybridized carbons (Fsp3) is 0.172. The smallest absolute Gasteiger partial charge is 0.417 e. The summed E-state index contributed by atoms with van der Waals surface area (Å²) in [6.07, 6.45) is -2.88. The Labute approximate surface area is 217 Å². The van der Waals surface area contributed by atoms with Crippen LogP contribution in [0, 0.1) is 25.2 Å². The topological polar surface area (TPSA) is 55.0 Å². The summed E-state index contributed by atoms with van der Waals surface area (Å²) in [5.74, 6) is 1.11. The summed E-state index contributed by atoms with van der Waals surface area (Å²) in [5, 5.41) is 9.43. The summed E-state index contributed by atoms with van der Waals surface area (Å²) in [7, 11) is 0. The lowest BCUT2D eigenvalue weighted by atomic mass is 10.0. The summed E-state index contributed by atoms with van der Waals surface area (Å²) in [6.45, 7) is 3.83. The van der Waals surface area contributed by atoms with Crippen molar-refractivity contribution in [2.75, 3.05) is 6.26 Å². The van der Waals surface area contributed by atoms with Crippen LogP contribution < -0.4 is 10.3 Å². The van der Waals surface area contributed by atoms with Crippen LogP contribution in [0.25, 0.3) is 11.3 Å². The highest BCUT2D eigenvalue weighted by atomic mass is 32.2. The molecule has 8 heteroatoms. The number of hydrogen-bond acceptors (Lipinski definition) is 4. The van der Waals surface area contributed by atoms with Crippen molar-refractivity contribution < 1.29 is 17.9 Å². The molecule has 0 aliphatic heterocycles. The number of rotatable bonds is 6. The molecule has 0 bridgehead atoms. The minimum absolute atomic E-state index is 0.0210. The van der Waals surface area contributed by atoms with E-state index in [4.69, 9.17) is 4.74 Å². The lowest BCUT2D eigenvalue weighted by Gasteiger charge is -2.19. The molecule has 1 aromatic heterocycles. The number of nitriles is 1. The van der Waals surface area contributed by atoms with Crippen LogP contribution in [0.15, 0.2) is 82.5 Å². The number of aryl methyl sites for hydroxylation is 2. The molecule has 0 radical (unpaired) electrons. The molecular weight excluding hydrogens is 497 g/mol. The molecule has 0 fully saturated rings. The molecule has 37 heavy (non-hydrogen) atoms. The SMILES string of the molecule is CSc1ccc(Oc2ccc(-c3cc(C(F)(F)F)c(C#N)c(=O)n3Cc3ccc(C)cc3C)cc2)cc1. The molecule has 0 aliphatic carbocycles. The first-order valence-corrected chi connectivity index (χ1v) is 12.6. The van der Waals surface area contributed by atoms with Gasteiger partial charge in [-0.05, 0) is 91.4 Å². The van der Waals surface area contributed by atoms with Gasteiger partial charge < -0.3 is 9.30 Å². The highest BCUT2D eigenvalue weighted by Crippen LogP contribution is 2.34. The summed E-state index contributed by atoms with van der Waals surface area (Å²) in [4.78, 5) is 14.3. The molecule has 0 spiro atoms. The largest absolute Gasteiger partial charge is 0.457 e. The van der Waals surface area contributed by atoms with E-state index in [-0.39, 0.29) is 12.2 Å². The van der Waals surface area contributed by atoms with Crippen LogP contribution in [-0.4, -0.2) is 10.8 Å². The van der Waals surface area contributed by atoms with Crippen molar-refractivity contribution >= 4 is 11.8 Å². The number of thioether (sulfide) groups is 1. The number of ether oxygens (including phenoxy) is 1. The van der Waals surface area contributed by atoms with Crippen LogP contribution in [0.5, 0.6) is 11.5 Å². The molecule has 0 N–H and O–H groups in total. The Morgan fingerprint density at radius 1 is 0.946 bits per heavy atom. The molecule has 4 aromatic rings. The molecule has 4 nitrogen and oxygen atoms in total. The van der Waals surface area contributed by atoms with Crippen LogP contribution in [0.2, 0.25) is 0 Å². The van der Waals surface area contributed by atoms with Crippen molar-refractivity contribution in [2.24, 2.45) is 0 Å². The second kappa shape index (κ2) is 10.6. The summed E-state index contributed by atoms with van der Waals surface area (Å²) in [6, 6.07) is 22.0. The molecule has 1 heterocycles. The average molecular weight is 521 g/mol. The zero-order valence-electron chi connectivity index (χ0n) is 20.4. The van der Waals surface area contributed by atoms with E-state index in [0.717, 1.165) is 27.7 Å².